The Hall–Kier alpha value is -2.94. The molecule has 0 aliphatic carbocycles. The molecule has 1 aromatic heterocycles. The summed E-state index contributed by atoms with van der Waals surface area (Å²) >= 11 is 0. The van der Waals surface area contributed by atoms with Crippen LogP contribution in [0.1, 0.15) is 10.5 Å². The predicted octanol–water partition coefficient (Wildman–Crippen LogP) is 0.431. The number of nitrogens with two attached hydrogens (primary N) is 1. The van der Waals surface area contributed by atoms with Crippen LogP contribution in [0.25, 0.3) is 0 Å². The molecule has 9 nitrogen and oxygen atoms in total. The maximum atomic E-state index is 11.2. The summed E-state index contributed by atoms with van der Waals surface area (Å²) in [6.07, 6.45) is 1.55. The number of non-ortho nitro benzene ring substituents is 1. The van der Waals surface area contributed by atoms with E-state index in [0.29, 0.717) is 5.75 Å². The van der Waals surface area contributed by atoms with Gasteiger partial charge in [-0.3, -0.25) is 20.3 Å². The summed E-state index contributed by atoms with van der Waals surface area (Å²) in [6, 6.07) is 7.13. The summed E-state index contributed by atoms with van der Waals surface area (Å²) < 4.78 is 6.76. The van der Waals surface area contributed by atoms with Crippen molar-refractivity contribution in [2.24, 2.45) is 5.84 Å². The highest BCUT2D eigenvalue weighted by atomic mass is 16.6. The Morgan fingerprint density at radius 1 is 1.40 bits per heavy atom. The van der Waals surface area contributed by atoms with Crippen LogP contribution in [-0.2, 0) is 6.73 Å². The number of hydrogen-bond donors (Lipinski definition) is 2. The van der Waals surface area contributed by atoms with Crippen molar-refractivity contribution in [3.63, 3.8) is 0 Å². The number of nitro groups is 1. The van der Waals surface area contributed by atoms with Gasteiger partial charge in [-0.2, -0.15) is 5.10 Å². The zero-order valence-corrected chi connectivity index (χ0v) is 10.2. The first-order valence-electron chi connectivity index (χ1n) is 5.52. The van der Waals surface area contributed by atoms with Crippen molar-refractivity contribution in [3.05, 3.63) is 52.3 Å². The van der Waals surface area contributed by atoms with Gasteiger partial charge in [0.15, 0.2) is 12.4 Å². The van der Waals surface area contributed by atoms with Gasteiger partial charge in [-0.05, 0) is 18.2 Å². The Bertz CT molecular complexity index is 622. The molecule has 2 aromatic rings. The molecule has 0 unspecified atom stereocenters. The van der Waals surface area contributed by atoms with E-state index in [9.17, 15) is 14.9 Å². The number of nitrogens with zero attached hydrogens (tertiary/aromatic N) is 3. The number of nitro benzene ring substituents is 1. The van der Waals surface area contributed by atoms with E-state index >= 15 is 0 Å². The van der Waals surface area contributed by atoms with Gasteiger partial charge in [-0.15, -0.1) is 0 Å². The number of aromatic nitrogens is 2. The average Bonchev–Trinajstić information content (AvgIpc) is 2.93. The Morgan fingerprint density at radius 2 is 2.10 bits per heavy atom. The van der Waals surface area contributed by atoms with Gasteiger partial charge in [0, 0.05) is 18.3 Å². The van der Waals surface area contributed by atoms with Gasteiger partial charge in [0.05, 0.1) is 4.92 Å². The molecule has 9 heteroatoms. The Labute approximate surface area is 113 Å². The molecule has 1 aromatic carbocycles. The zero-order chi connectivity index (χ0) is 14.5. The maximum Gasteiger partial charge on any atom is 0.285 e. The molecule has 3 N–H and O–H groups in total. The van der Waals surface area contributed by atoms with E-state index in [1.54, 1.807) is 6.20 Å². The molecule has 0 atom stereocenters. The van der Waals surface area contributed by atoms with Crippen molar-refractivity contribution in [3.8, 4) is 5.75 Å². The number of rotatable bonds is 5. The normalized spacial score (nSPS) is 10.1. The summed E-state index contributed by atoms with van der Waals surface area (Å²) in [5.74, 6) is 4.94. The quantitative estimate of drug-likeness (QED) is 0.353. The van der Waals surface area contributed by atoms with Crippen LogP contribution < -0.4 is 16.0 Å². The van der Waals surface area contributed by atoms with Crippen LogP contribution in [0.3, 0.4) is 0 Å². The summed E-state index contributed by atoms with van der Waals surface area (Å²) in [5.41, 5.74) is 2.12. The summed E-state index contributed by atoms with van der Waals surface area (Å²) in [6.45, 7) is 0.0651. The number of nitrogens with one attached hydrogen (secondary N) is 1. The maximum absolute atomic E-state index is 11.2. The van der Waals surface area contributed by atoms with Gasteiger partial charge < -0.3 is 4.74 Å². The first kappa shape index (κ1) is 13.5. The number of benzene rings is 1. The van der Waals surface area contributed by atoms with E-state index in [-0.39, 0.29) is 18.1 Å². The zero-order valence-electron chi connectivity index (χ0n) is 10.2. The summed E-state index contributed by atoms with van der Waals surface area (Å²) in [5, 5.41) is 14.4. The van der Waals surface area contributed by atoms with Crippen LogP contribution >= 0.6 is 0 Å². The molecule has 0 aliphatic heterocycles. The predicted molar refractivity (Wildman–Crippen MR) is 67.6 cm³/mol. The third kappa shape index (κ3) is 3.09. The number of carbonyl (C=O) groups excluding carboxylic acids is 1. The lowest BCUT2D eigenvalue weighted by atomic mass is 10.3. The van der Waals surface area contributed by atoms with E-state index in [1.165, 1.54) is 35.0 Å². The molecule has 0 fully saturated rings. The van der Waals surface area contributed by atoms with Gasteiger partial charge in [-0.1, -0.05) is 0 Å². The van der Waals surface area contributed by atoms with Crippen molar-refractivity contribution in [1.82, 2.24) is 15.2 Å². The molecule has 1 amide bonds. The second-order valence-corrected chi connectivity index (χ2v) is 3.74. The SMILES string of the molecule is NNC(=O)c1ccn(COc2ccc([N+](=O)[O-])cc2)n1. The smallest absolute Gasteiger partial charge is 0.285 e. The summed E-state index contributed by atoms with van der Waals surface area (Å²) in [7, 11) is 0. The van der Waals surface area contributed by atoms with E-state index in [4.69, 9.17) is 10.6 Å². The minimum absolute atomic E-state index is 0.0154. The van der Waals surface area contributed by atoms with Crippen LogP contribution in [-0.4, -0.2) is 20.6 Å². The molecule has 1 heterocycles. The van der Waals surface area contributed by atoms with Gasteiger partial charge in [0.1, 0.15) is 5.75 Å². The van der Waals surface area contributed by atoms with Crippen LogP contribution in [0.2, 0.25) is 0 Å². The number of nitrogen functional groups attached to an aromatic ring is 1. The van der Waals surface area contributed by atoms with Gasteiger partial charge in [0.2, 0.25) is 0 Å². The second kappa shape index (κ2) is 5.80. The number of carbonyl (C=O) groups is 1. The Balaban J connectivity index is 1.96. The lowest BCUT2D eigenvalue weighted by molar-refractivity contribution is -0.384. The fourth-order valence-electron chi connectivity index (χ4n) is 1.43. The highest BCUT2D eigenvalue weighted by molar-refractivity contribution is 5.91. The van der Waals surface area contributed by atoms with Crippen LogP contribution in [0, 0.1) is 10.1 Å². The molecule has 2 rings (SSSR count). The molecule has 20 heavy (non-hydrogen) atoms. The molecule has 104 valence electrons. The van der Waals surface area contributed by atoms with Gasteiger partial charge in [-0.25, -0.2) is 10.5 Å². The van der Waals surface area contributed by atoms with Crippen molar-refractivity contribution >= 4 is 11.6 Å². The van der Waals surface area contributed by atoms with Crippen molar-refractivity contribution in [2.75, 3.05) is 0 Å². The third-order valence-electron chi connectivity index (χ3n) is 2.42. The third-order valence-corrected chi connectivity index (χ3v) is 2.42. The first-order chi connectivity index (χ1) is 9.60. The van der Waals surface area contributed by atoms with Crippen molar-refractivity contribution in [1.29, 1.82) is 0 Å². The largest absolute Gasteiger partial charge is 0.471 e. The van der Waals surface area contributed by atoms with Crippen molar-refractivity contribution < 1.29 is 14.5 Å². The van der Waals surface area contributed by atoms with Crippen LogP contribution in [0.15, 0.2) is 36.5 Å². The molecule has 0 saturated heterocycles. The molecule has 0 bridgehead atoms. The van der Waals surface area contributed by atoms with Crippen LogP contribution in [0.5, 0.6) is 5.75 Å². The van der Waals surface area contributed by atoms with E-state index < -0.39 is 10.8 Å². The van der Waals surface area contributed by atoms with E-state index in [1.807, 2.05) is 5.43 Å². The highest BCUT2D eigenvalue weighted by Crippen LogP contribution is 2.17. The molecular weight excluding hydrogens is 266 g/mol. The van der Waals surface area contributed by atoms with Gasteiger partial charge in [0.25, 0.3) is 11.6 Å². The number of amides is 1. The van der Waals surface area contributed by atoms with E-state index in [0.717, 1.165) is 0 Å². The standard InChI is InChI=1S/C11H11N5O4/c12-13-11(17)10-5-6-15(14-10)7-20-9-3-1-8(2-4-9)16(18)19/h1-6H,7,12H2,(H,13,17). The monoisotopic (exact) mass is 277 g/mol. The minimum atomic E-state index is -0.501. The number of ether oxygens (including phenoxy) is 1. The van der Waals surface area contributed by atoms with Crippen LogP contribution in [0.4, 0.5) is 5.69 Å². The molecule has 0 aliphatic rings. The molecule has 0 radical (unpaired) electrons. The first-order valence-corrected chi connectivity index (χ1v) is 5.52. The topological polar surface area (TPSA) is 125 Å². The lowest BCUT2D eigenvalue weighted by Gasteiger charge is -2.05. The second-order valence-electron chi connectivity index (χ2n) is 3.74. The fraction of sp³-hybridized carbons (Fsp3) is 0.0909. The number of hydrazine groups is 1. The lowest BCUT2D eigenvalue weighted by Crippen LogP contribution is -2.30. The molecular formula is C11H11N5O4. The van der Waals surface area contributed by atoms with Gasteiger partial charge >= 0.3 is 0 Å². The summed E-state index contributed by atoms with van der Waals surface area (Å²) in [4.78, 5) is 21.2. The van der Waals surface area contributed by atoms with Crippen molar-refractivity contribution in [2.45, 2.75) is 6.73 Å². The Morgan fingerprint density at radius 3 is 2.70 bits per heavy atom. The highest BCUT2D eigenvalue weighted by Gasteiger charge is 2.08. The average molecular weight is 277 g/mol. The minimum Gasteiger partial charge on any atom is -0.471 e. The molecule has 0 saturated carbocycles. The fourth-order valence-corrected chi connectivity index (χ4v) is 1.43. The molecule has 0 spiro atoms. The number of hydrogen-bond acceptors (Lipinski definition) is 6. The Kier molecular flexibility index (Phi) is 3.91. The van der Waals surface area contributed by atoms with E-state index in [2.05, 4.69) is 5.10 Å².